The average molecular weight is 859 g/mol. The van der Waals surface area contributed by atoms with Crippen molar-refractivity contribution in [2.45, 2.75) is 5.41 Å². The molecular weight excluding hydrogens is 817 g/mol. The van der Waals surface area contributed by atoms with E-state index in [4.69, 9.17) is 0 Å². The molecule has 11 aromatic rings. The third kappa shape index (κ3) is 5.94. The lowest BCUT2D eigenvalue weighted by atomic mass is 9.70. The molecule has 1 atom stereocenters. The van der Waals surface area contributed by atoms with Crippen LogP contribution in [-0.2, 0) is 5.41 Å². The summed E-state index contributed by atoms with van der Waals surface area (Å²) in [5.74, 6) is 0. The van der Waals surface area contributed by atoms with Crippen molar-refractivity contribution in [3.63, 3.8) is 0 Å². The van der Waals surface area contributed by atoms with Crippen LogP contribution in [0.1, 0.15) is 22.3 Å². The van der Waals surface area contributed by atoms with Crippen molar-refractivity contribution in [2.24, 2.45) is 0 Å². The molecule has 0 saturated carbocycles. The molecule has 0 radical (unpaired) electrons. The number of rotatable bonds is 8. The Bertz CT molecular complexity index is 3560. The highest BCUT2D eigenvalue weighted by atomic mass is 32.1. The van der Waals surface area contributed by atoms with E-state index in [1.807, 2.05) is 11.3 Å². The summed E-state index contributed by atoms with van der Waals surface area (Å²) in [6.07, 6.45) is 0. The Balaban J connectivity index is 1.04. The van der Waals surface area contributed by atoms with E-state index in [-0.39, 0.29) is 0 Å². The molecule has 2 nitrogen and oxygen atoms in total. The second kappa shape index (κ2) is 15.5. The number of anilines is 6. The summed E-state index contributed by atoms with van der Waals surface area (Å²) < 4.78 is 1.31. The van der Waals surface area contributed by atoms with Crippen LogP contribution >= 0.6 is 11.3 Å². The second-order valence-corrected chi connectivity index (χ2v) is 18.3. The van der Waals surface area contributed by atoms with Crippen LogP contribution in [0.5, 0.6) is 0 Å². The molecule has 0 fully saturated rings. The molecule has 13 rings (SSSR count). The van der Waals surface area contributed by atoms with Crippen LogP contribution in [0.4, 0.5) is 34.1 Å². The monoisotopic (exact) mass is 858 g/mol. The molecule has 1 spiro atoms. The first-order chi connectivity index (χ1) is 32.7. The molecule has 10 aromatic carbocycles. The minimum atomic E-state index is -0.582. The molecule has 66 heavy (non-hydrogen) atoms. The Hall–Kier alpha value is -8.24. The molecule has 310 valence electrons. The van der Waals surface area contributed by atoms with Crippen molar-refractivity contribution in [1.82, 2.24) is 0 Å². The average Bonchev–Trinajstić information content (AvgIpc) is 4.01. The molecule has 2 aliphatic rings. The van der Waals surface area contributed by atoms with Crippen LogP contribution in [0.15, 0.2) is 255 Å². The van der Waals surface area contributed by atoms with Gasteiger partial charge in [0, 0.05) is 43.7 Å². The summed E-state index contributed by atoms with van der Waals surface area (Å²) >= 11 is 1.93. The van der Waals surface area contributed by atoms with Crippen molar-refractivity contribution >= 4 is 55.5 Å². The van der Waals surface area contributed by atoms with Gasteiger partial charge in [-0.1, -0.05) is 176 Å². The van der Waals surface area contributed by atoms with Gasteiger partial charge in [0.25, 0.3) is 0 Å². The van der Waals surface area contributed by atoms with Gasteiger partial charge in [-0.2, -0.15) is 0 Å². The summed E-state index contributed by atoms with van der Waals surface area (Å²) in [6, 6.07) is 93.6. The Morgan fingerprint density at radius 1 is 0.288 bits per heavy atom. The van der Waals surface area contributed by atoms with Gasteiger partial charge >= 0.3 is 0 Å². The van der Waals surface area contributed by atoms with E-state index < -0.39 is 5.41 Å². The van der Waals surface area contributed by atoms with Crippen molar-refractivity contribution in [3.8, 4) is 43.8 Å². The fraction of sp³-hybridized carbons (Fsp3) is 0.0159. The summed E-state index contributed by atoms with van der Waals surface area (Å²) in [4.78, 5) is 6.18. The maximum Gasteiger partial charge on any atom is 0.0741 e. The standard InChI is InChI=1S/C63H42N2S/c1-5-17-43(18-6-1)45-29-33-49(34-30-45)64(47-21-9-3-10-22-47)51-37-39-54-53-25-13-15-27-57(53)63(58(54)41-51)59-42-52(38-40-55(59)62-61(63)56-26-14-16-28-60(56)66-62)65(48-23-11-4-12-24-48)50-35-31-46(32-36-50)44-19-7-2-8-20-44/h1-42H. The third-order valence-electron chi connectivity index (χ3n) is 13.7. The zero-order chi connectivity index (χ0) is 43.6. The normalized spacial score (nSPS) is 14.1. The summed E-state index contributed by atoms with van der Waals surface area (Å²) in [5, 5.41) is 1.32. The molecule has 0 bridgehead atoms. The van der Waals surface area contributed by atoms with Crippen molar-refractivity contribution in [3.05, 3.63) is 277 Å². The molecule has 0 aliphatic heterocycles. The summed E-state index contributed by atoms with van der Waals surface area (Å²) in [7, 11) is 0. The molecule has 2 aliphatic carbocycles. The van der Waals surface area contributed by atoms with Crippen molar-refractivity contribution < 1.29 is 0 Å². The molecule has 3 heteroatoms. The van der Waals surface area contributed by atoms with Gasteiger partial charge in [-0.3, -0.25) is 0 Å². The number of hydrogen-bond donors (Lipinski definition) is 0. The zero-order valence-corrected chi connectivity index (χ0v) is 36.9. The molecule has 0 N–H and O–H groups in total. The number of hydrogen-bond acceptors (Lipinski definition) is 3. The first-order valence-corrected chi connectivity index (χ1v) is 23.5. The predicted molar refractivity (Wildman–Crippen MR) is 278 cm³/mol. The van der Waals surface area contributed by atoms with E-state index in [0.29, 0.717) is 0 Å². The molecule has 1 heterocycles. The Kier molecular flexibility index (Phi) is 8.97. The molecule has 1 aromatic heterocycles. The van der Waals surface area contributed by atoms with Crippen molar-refractivity contribution in [2.75, 3.05) is 9.80 Å². The lowest BCUT2D eigenvalue weighted by Crippen LogP contribution is -2.26. The van der Waals surface area contributed by atoms with Crippen LogP contribution in [0, 0.1) is 0 Å². The van der Waals surface area contributed by atoms with Gasteiger partial charge in [0.05, 0.1) is 5.41 Å². The van der Waals surface area contributed by atoms with Crippen LogP contribution in [-0.4, -0.2) is 0 Å². The molecule has 1 unspecified atom stereocenters. The topological polar surface area (TPSA) is 6.48 Å². The number of nitrogens with zero attached hydrogens (tertiary/aromatic N) is 2. The first kappa shape index (κ1) is 38.2. The van der Waals surface area contributed by atoms with E-state index in [1.54, 1.807) is 0 Å². The highest BCUT2D eigenvalue weighted by Gasteiger charge is 2.54. The Morgan fingerprint density at radius 3 is 1.24 bits per heavy atom. The van der Waals surface area contributed by atoms with Gasteiger partial charge in [-0.15, -0.1) is 11.3 Å². The number of benzene rings is 10. The Morgan fingerprint density at radius 2 is 0.682 bits per heavy atom. The second-order valence-electron chi connectivity index (χ2n) is 17.2. The number of thiophene rings is 1. The van der Waals surface area contributed by atoms with Gasteiger partial charge in [0.15, 0.2) is 0 Å². The quantitative estimate of drug-likeness (QED) is 0.150. The highest BCUT2D eigenvalue weighted by molar-refractivity contribution is 7.22. The SMILES string of the molecule is c1ccc(-c2ccc(N(c3ccccc3)c3ccc4c(c3)C3(c5ccccc5-4)c4cc(N(c5ccccc5)c5ccc(-c6ccccc6)cc5)ccc4-c4sc5ccccc5c43)cc2)cc1. The van der Waals surface area contributed by atoms with Gasteiger partial charge in [-0.05, 0) is 145 Å². The van der Waals surface area contributed by atoms with E-state index >= 15 is 0 Å². The van der Waals surface area contributed by atoms with Gasteiger partial charge < -0.3 is 9.80 Å². The molecule has 0 saturated heterocycles. The number of fused-ring (bicyclic) bond motifs is 12. The maximum atomic E-state index is 2.50. The molecule has 0 amide bonds. The zero-order valence-electron chi connectivity index (χ0n) is 36.1. The smallest absolute Gasteiger partial charge is 0.0741 e. The largest absolute Gasteiger partial charge is 0.310 e. The minimum Gasteiger partial charge on any atom is -0.310 e. The summed E-state index contributed by atoms with van der Waals surface area (Å²) in [5.41, 5.74) is 20.1. The third-order valence-corrected chi connectivity index (χ3v) is 14.9. The van der Waals surface area contributed by atoms with Crippen LogP contribution in [0.3, 0.4) is 0 Å². The fourth-order valence-corrected chi connectivity index (χ4v) is 12.1. The summed E-state index contributed by atoms with van der Waals surface area (Å²) in [6.45, 7) is 0. The van der Waals surface area contributed by atoms with Gasteiger partial charge in [0.2, 0.25) is 0 Å². The minimum absolute atomic E-state index is 0.582. The number of para-hydroxylation sites is 2. The van der Waals surface area contributed by atoms with Crippen LogP contribution in [0.2, 0.25) is 0 Å². The lowest BCUT2D eigenvalue weighted by molar-refractivity contribution is 0.802. The van der Waals surface area contributed by atoms with E-state index in [0.717, 1.165) is 34.1 Å². The van der Waals surface area contributed by atoms with Crippen LogP contribution in [0.25, 0.3) is 53.9 Å². The Labute approximate surface area is 389 Å². The van der Waals surface area contributed by atoms with Crippen molar-refractivity contribution in [1.29, 1.82) is 0 Å². The predicted octanol–water partition coefficient (Wildman–Crippen LogP) is 17.5. The van der Waals surface area contributed by atoms with Gasteiger partial charge in [-0.25, -0.2) is 0 Å². The molecular formula is C63H42N2S. The lowest BCUT2D eigenvalue weighted by Gasteiger charge is -2.33. The van der Waals surface area contributed by atoms with E-state index in [9.17, 15) is 0 Å². The fourth-order valence-electron chi connectivity index (χ4n) is 10.8. The van der Waals surface area contributed by atoms with Gasteiger partial charge in [0.1, 0.15) is 0 Å². The van der Waals surface area contributed by atoms with Crippen LogP contribution < -0.4 is 9.80 Å². The van der Waals surface area contributed by atoms with E-state index in [2.05, 4.69) is 265 Å². The first-order valence-electron chi connectivity index (χ1n) is 22.7. The van der Waals surface area contributed by atoms with E-state index in [1.165, 1.54) is 76.2 Å². The maximum absolute atomic E-state index is 2.50. The highest BCUT2D eigenvalue weighted by Crippen LogP contribution is 2.67.